The zero-order valence-corrected chi connectivity index (χ0v) is 14.9. The van der Waals surface area contributed by atoms with Crippen LogP contribution in [0.3, 0.4) is 0 Å². The first-order chi connectivity index (χ1) is 12.5. The molecular formula is C19H21N3O4. The van der Waals surface area contributed by atoms with Gasteiger partial charge in [-0.3, -0.25) is 9.59 Å². The van der Waals surface area contributed by atoms with E-state index >= 15 is 0 Å². The number of nitrogens with zero attached hydrogens (tertiary/aromatic N) is 1. The maximum atomic E-state index is 12.5. The van der Waals surface area contributed by atoms with Crippen LogP contribution in [0.4, 0.5) is 5.69 Å². The Balaban J connectivity index is 2.20. The van der Waals surface area contributed by atoms with Gasteiger partial charge in [-0.25, -0.2) is 9.78 Å². The van der Waals surface area contributed by atoms with Gasteiger partial charge in [0.1, 0.15) is 11.4 Å². The van der Waals surface area contributed by atoms with E-state index in [4.69, 9.17) is 4.74 Å². The van der Waals surface area contributed by atoms with E-state index in [2.05, 4.69) is 15.6 Å². The molecule has 0 aliphatic rings. The number of pyridine rings is 1. The normalized spacial score (nSPS) is 11.3. The number of rotatable bonds is 6. The monoisotopic (exact) mass is 355 g/mol. The molecular weight excluding hydrogens is 334 g/mol. The van der Waals surface area contributed by atoms with E-state index in [1.807, 2.05) is 13.8 Å². The first kappa shape index (κ1) is 19.1. The average molecular weight is 355 g/mol. The summed E-state index contributed by atoms with van der Waals surface area (Å²) in [6.07, 6.45) is 0.788. The lowest BCUT2D eigenvalue weighted by Crippen LogP contribution is -2.32. The van der Waals surface area contributed by atoms with E-state index in [0.29, 0.717) is 5.69 Å². The van der Waals surface area contributed by atoms with Gasteiger partial charge in [0.05, 0.1) is 18.4 Å². The van der Waals surface area contributed by atoms with E-state index in [9.17, 15) is 14.4 Å². The van der Waals surface area contributed by atoms with Crippen molar-refractivity contribution in [2.45, 2.75) is 26.3 Å². The number of para-hydroxylation sites is 1. The van der Waals surface area contributed by atoms with Crippen LogP contribution in [0, 0.1) is 0 Å². The highest BCUT2D eigenvalue weighted by atomic mass is 16.5. The summed E-state index contributed by atoms with van der Waals surface area (Å²) in [6.45, 7) is 3.85. The number of amides is 2. The van der Waals surface area contributed by atoms with Crippen molar-refractivity contribution in [1.29, 1.82) is 0 Å². The lowest BCUT2D eigenvalue weighted by atomic mass is 10.1. The van der Waals surface area contributed by atoms with Gasteiger partial charge in [-0.1, -0.05) is 25.1 Å². The van der Waals surface area contributed by atoms with E-state index < -0.39 is 11.9 Å². The summed E-state index contributed by atoms with van der Waals surface area (Å²) < 4.78 is 4.70. The molecule has 2 aromatic rings. The molecule has 0 saturated heterocycles. The molecule has 1 unspecified atom stereocenters. The predicted molar refractivity (Wildman–Crippen MR) is 97.2 cm³/mol. The van der Waals surface area contributed by atoms with Crippen molar-refractivity contribution in [2.75, 3.05) is 12.4 Å². The number of nitrogens with one attached hydrogen (secondary N) is 2. The molecule has 26 heavy (non-hydrogen) atoms. The molecule has 7 heteroatoms. The van der Waals surface area contributed by atoms with Gasteiger partial charge in [-0.2, -0.15) is 0 Å². The Morgan fingerprint density at radius 1 is 1.04 bits per heavy atom. The van der Waals surface area contributed by atoms with E-state index in [1.165, 1.54) is 19.2 Å². The van der Waals surface area contributed by atoms with Crippen molar-refractivity contribution >= 4 is 23.5 Å². The van der Waals surface area contributed by atoms with Gasteiger partial charge in [0, 0.05) is 6.04 Å². The summed E-state index contributed by atoms with van der Waals surface area (Å²) >= 11 is 0. The van der Waals surface area contributed by atoms with Crippen molar-refractivity contribution in [1.82, 2.24) is 10.3 Å². The first-order valence-electron chi connectivity index (χ1n) is 8.22. The largest absolute Gasteiger partial charge is 0.465 e. The molecule has 0 radical (unpaired) electrons. The Bertz CT molecular complexity index is 820. The summed E-state index contributed by atoms with van der Waals surface area (Å²) in [5.74, 6) is -1.43. The number of carbonyl (C=O) groups is 3. The summed E-state index contributed by atoms with van der Waals surface area (Å²) in [5.41, 5.74) is 0.760. The summed E-state index contributed by atoms with van der Waals surface area (Å²) in [5, 5.41) is 5.43. The maximum Gasteiger partial charge on any atom is 0.339 e. The lowest BCUT2D eigenvalue weighted by Gasteiger charge is -2.12. The average Bonchev–Trinajstić information content (AvgIpc) is 2.67. The molecule has 136 valence electrons. The minimum atomic E-state index is -0.560. The quantitative estimate of drug-likeness (QED) is 0.777. The molecule has 1 aromatic carbocycles. The molecule has 0 bridgehead atoms. The third kappa shape index (κ3) is 4.66. The molecule has 2 N–H and O–H groups in total. The fourth-order valence-electron chi connectivity index (χ4n) is 2.15. The Hall–Kier alpha value is -3.22. The van der Waals surface area contributed by atoms with Crippen LogP contribution in [0.2, 0.25) is 0 Å². The molecule has 1 heterocycles. The molecule has 2 rings (SSSR count). The number of benzene rings is 1. The second-order valence-corrected chi connectivity index (χ2v) is 5.68. The Morgan fingerprint density at radius 3 is 2.35 bits per heavy atom. The Morgan fingerprint density at radius 2 is 1.69 bits per heavy atom. The number of aromatic nitrogens is 1. The van der Waals surface area contributed by atoms with Crippen molar-refractivity contribution in [3.63, 3.8) is 0 Å². The standard InChI is InChI=1S/C19H21N3O4/c1-4-12(2)20-17(23)15-10-7-11-16(21-15)18(24)22-14-9-6-5-8-13(14)19(25)26-3/h5-12H,4H2,1-3H3,(H,20,23)(H,22,24). The molecule has 0 spiro atoms. The van der Waals surface area contributed by atoms with Crippen molar-refractivity contribution < 1.29 is 19.1 Å². The summed E-state index contributed by atoms with van der Waals surface area (Å²) in [4.78, 5) is 40.5. The van der Waals surface area contributed by atoms with Gasteiger partial charge in [0.25, 0.3) is 11.8 Å². The Kier molecular flexibility index (Phi) is 6.43. The summed E-state index contributed by atoms with van der Waals surface area (Å²) in [7, 11) is 1.27. The highest BCUT2D eigenvalue weighted by Crippen LogP contribution is 2.17. The van der Waals surface area contributed by atoms with Crippen molar-refractivity contribution in [3.8, 4) is 0 Å². The number of ether oxygens (including phenoxy) is 1. The number of esters is 1. The molecule has 0 aliphatic carbocycles. The van der Waals surface area contributed by atoms with E-state index in [-0.39, 0.29) is 28.9 Å². The molecule has 1 atom stereocenters. The van der Waals surface area contributed by atoms with Crippen LogP contribution in [-0.4, -0.2) is 35.9 Å². The fraction of sp³-hybridized carbons (Fsp3) is 0.263. The zero-order chi connectivity index (χ0) is 19.1. The van der Waals surface area contributed by atoms with Crippen molar-refractivity contribution in [3.05, 3.63) is 59.4 Å². The Labute approximate surface area is 151 Å². The highest BCUT2D eigenvalue weighted by Gasteiger charge is 2.17. The second kappa shape index (κ2) is 8.75. The minimum Gasteiger partial charge on any atom is -0.465 e. The smallest absolute Gasteiger partial charge is 0.339 e. The molecule has 0 aliphatic heterocycles. The number of hydrogen-bond donors (Lipinski definition) is 2. The van der Waals surface area contributed by atoms with Gasteiger partial charge >= 0.3 is 5.97 Å². The van der Waals surface area contributed by atoms with Crippen LogP contribution >= 0.6 is 0 Å². The minimum absolute atomic E-state index is 0.00807. The molecule has 2 amide bonds. The van der Waals surface area contributed by atoms with Gasteiger partial charge in [-0.05, 0) is 37.6 Å². The number of methoxy groups -OCH3 is 1. The topological polar surface area (TPSA) is 97.4 Å². The maximum absolute atomic E-state index is 12.5. The third-order valence-electron chi connectivity index (χ3n) is 3.78. The summed E-state index contributed by atoms with van der Waals surface area (Å²) in [6, 6.07) is 11.1. The van der Waals surface area contributed by atoms with Crippen LogP contribution in [0.25, 0.3) is 0 Å². The zero-order valence-electron chi connectivity index (χ0n) is 14.9. The number of carbonyl (C=O) groups excluding carboxylic acids is 3. The van der Waals surface area contributed by atoms with Gasteiger partial charge < -0.3 is 15.4 Å². The fourth-order valence-corrected chi connectivity index (χ4v) is 2.15. The van der Waals surface area contributed by atoms with Gasteiger partial charge in [0.2, 0.25) is 0 Å². The molecule has 7 nitrogen and oxygen atoms in total. The SMILES string of the molecule is CCC(C)NC(=O)c1cccc(C(=O)Nc2ccccc2C(=O)OC)n1. The predicted octanol–water partition coefficient (Wildman–Crippen LogP) is 2.65. The van der Waals surface area contributed by atoms with Crippen LogP contribution < -0.4 is 10.6 Å². The van der Waals surface area contributed by atoms with Gasteiger partial charge in [-0.15, -0.1) is 0 Å². The van der Waals surface area contributed by atoms with Gasteiger partial charge in [0.15, 0.2) is 0 Å². The van der Waals surface area contributed by atoms with Crippen LogP contribution in [0.1, 0.15) is 51.6 Å². The number of anilines is 1. The number of hydrogen-bond acceptors (Lipinski definition) is 5. The first-order valence-corrected chi connectivity index (χ1v) is 8.22. The van der Waals surface area contributed by atoms with Crippen molar-refractivity contribution in [2.24, 2.45) is 0 Å². The van der Waals surface area contributed by atoms with E-state index in [1.54, 1.807) is 30.3 Å². The van der Waals surface area contributed by atoms with Crippen LogP contribution in [0.5, 0.6) is 0 Å². The van der Waals surface area contributed by atoms with Crippen LogP contribution in [-0.2, 0) is 4.74 Å². The lowest BCUT2D eigenvalue weighted by molar-refractivity contribution is 0.0601. The molecule has 0 fully saturated rings. The second-order valence-electron chi connectivity index (χ2n) is 5.68. The van der Waals surface area contributed by atoms with E-state index in [0.717, 1.165) is 6.42 Å². The third-order valence-corrected chi connectivity index (χ3v) is 3.78. The van der Waals surface area contributed by atoms with Crippen LogP contribution in [0.15, 0.2) is 42.5 Å². The highest BCUT2D eigenvalue weighted by molar-refractivity contribution is 6.07. The molecule has 0 saturated carbocycles. The molecule has 1 aromatic heterocycles.